The van der Waals surface area contributed by atoms with Crippen LogP contribution in [0.5, 0.6) is 5.75 Å². The molecule has 29 heavy (non-hydrogen) atoms. The third-order valence-electron chi connectivity index (χ3n) is 4.50. The molecule has 0 saturated carbocycles. The highest BCUT2D eigenvalue weighted by molar-refractivity contribution is 7.89. The summed E-state index contributed by atoms with van der Waals surface area (Å²) in [4.78, 5) is 13.9. The normalized spacial score (nSPS) is 11.6. The fourth-order valence-electron chi connectivity index (χ4n) is 2.91. The van der Waals surface area contributed by atoms with Crippen LogP contribution in [-0.2, 0) is 16.6 Å². The van der Waals surface area contributed by atoms with Gasteiger partial charge < -0.3 is 9.64 Å². The first-order valence-electron chi connectivity index (χ1n) is 9.03. The molecule has 6 nitrogen and oxygen atoms in total. The second-order valence-corrected chi connectivity index (χ2v) is 8.26. The van der Waals surface area contributed by atoms with E-state index in [0.29, 0.717) is 0 Å². The zero-order valence-electron chi connectivity index (χ0n) is 16.8. The van der Waals surface area contributed by atoms with E-state index >= 15 is 0 Å². The molecule has 0 saturated heterocycles. The predicted molar refractivity (Wildman–Crippen MR) is 105 cm³/mol. The highest BCUT2D eigenvalue weighted by Gasteiger charge is 2.27. The number of rotatable bonds is 8. The molecule has 0 bridgehead atoms. The van der Waals surface area contributed by atoms with Crippen LogP contribution in [-0.4, -0.2) is 50.8 Å². The van der Waals surface area contributed by atoms with Crippen LogP contribution in [0.2, 0.25) is 0 Å². The molecule has 2 aromatic rings. The van der Waals surface area contributed by atoms with Crippen molar-refractivity contribution in [3.8, 4) is 5.75 Å². The van der Waals surface area contributed by atoms with Gasteiger partial charge in [-0.3, -0.25) is 4.79 Å². The Balaban J connectivity index is 2.38. The van der Waals surface area contributed by atoms with E-state index in [4.69, 9.17) is 4.74 Å². The van der Waals surface area contributed by atoms with E-state index in [1.807, 2.05) is 0 Å². The lowest BCUT2D eigenvalue weighted by molar-refractivity contribution is 0.0783. The number of carbonyl (C=O) groups is 1. The quantitative estimate of drug-likeness (QED) is 0.650. The second kappa shape index (κ2) is 9.32. The summed E-state index contributed by atoms with van der Waals surface area (Å²) in [6.45, 7) is 3.87. The minimum absolute atomic E-state index is 0.102. The van der Waals surface area contributed by atoms with Gasteiger partial charge in [0, 0.05) is 43.9 Å². The summed E-state index contributed by atoms with van der Waals surface area (Å²) in [6.07, 6.45) is 0. The number of halogens is 2. The smallest absolute Gasteiger partial charge is 0.253 e. The van der Waals surface area contributed by atoms with Gasteiger partial charge in [0.2, 0.25) is 10.0 Å². The summed E-state index contributed by atoms with van der Waals surface area (Å²) in [5.41, 5.74) is 0.258. The average Bonchev–Trinajstić information content (AvgIpc) is 2.69. The van der Waals surface area contributed by atoms with Crippen molar-refractivity contribution in [2.75, 3.05) is 27.2 Å². The molecule has 0 aromatic heterocycles. The number of nitrogens with zero attached hydrogens (tertiary/aromatic N) is 2. The highest BCUT2D eigenvalue weighted by Crippen LogP contribution is 2.28. The highest BCUT2D eigenvalue weighted by atomic mass is 32.2. The van der Waals surface area contributed by atoms with Gasteiger partial charge in [-0.25, -0.2) is 17.2 Å². The Morgan fingerprint density at radius 1 is 1.07 bits per heavy atom. The van der Waals surface area contributed by atoms with Crippen molar-refractivity contribution in [3.63, 3.8) is 0 Å². The minimum atomic E-state index is -3.86. The molecule has 0 radical (unpaired) electrons. The van der Waals surface area contributed by atoms with Gasteiger partial charge in [0.25, 0.3) is 5.91 Å². The maximum atomic E-state index is 13.9. The Hall–Kier alpha value is -2.52. The fraction of sp³-hybridized carbons (Fsp3) is 0.350. The first-order chi connectivity index (χ1) is 13.6. The summed E-state index contributed by atoms with van der Waals surface area (Å²) in [5.74, 6) is -1.85. The number of amides is 1. The molecule has 158 valence electrons. The van der Waals surface area contributed by atoms with E-state index in [0.717, 1.165) is 12.1 Å². The molecule has 9 heteroatoms. The van der Waals surface area contributed by atoms with E-state index in [1.54, 1.807) is 13.8 Å². The number of benzene rings is 2. The Morgan fingerprint density at radius 3 is 2.28 bits per heavy atom. The SMILES string of the molecule is CCN(CC)S(=O)(=O)c1cc(C(=O)N(C)Cc2ccc(F)cc2F)ccc1OC. The number of hydrogen-bond donors (Lipinski definition) is 0. The van der Waals surface area contributed by atoms with Crippen LogP contribution in [0.3, 0.4) is 0 Å². The molecule has 1 amide bonds. The van der Waals surface area contributed by atoms with E-state index in [1.165, 1.54) is 47.6 Å². The molecule has 2 rings (SSSR count). The van der Waals surface area contributed by atoms with Gasteiger partial charge in [-0.15, -0.1) is 0 Å². The summed E-state index contributed by atoms with van der Waals surface area (Å²) in [7, 11) is -1.06. The molecule has 2 aromatic carbocycles. The van der Waals surface area contributed by atoms with Crippen LogP contribution < -0.4 is 4.74 Å². The van der Waals surface area contributed by atoms with Gasteiger partial charge in [0.15, 0.2) is 0 Å². The number of carbonyl (C=O) groups excluding carboxylic acids is 1. The van der Waals surface area contributed by atoms with E-state index in [9.17, 15) is 22.0 Å². The first kappa shape index (κ1) is 22.8. The Kier molecular flexibility index (Phi) is 7.32. The van der Waals surface area contributed by atoms with Crippen molar-refractivity contribution in [1.29, 1.82) is 0 Å². The number of sulfonamides is 1. The Labute approximate surface area is 169 Å². The standard InChI is InChI=1S/C20H24F2N2O4S/c1-5-24(6-2)29(26,27)19-11-14(8-10-18(19)28-4)20(25)23(3)13-15-7-9-16(21)12-17(15)22/h7-12H,5-6,13H2,1-4H3. The van der Waals surface area contributed by atoms with Gasteiger partial charge in [-0.2, -0.15) is 4.31 Å². The van der Waals surface area contributed by atoms with Crippen molar-refractivity contribution in [2.45, 2.75) is 25.3 Å². The second-order valence-electron chi connectivity index (χ2n) is 6.35. The zero-order valence-corrected chi connectivity index (χ0v) is 17.6. The maximum absolute atomic E-state index is 13.9. The molecule has 0 aliphatic carbocycles. The average molecular weight is 426 g/mol. The summed E-state index contributed by atoms with van der Waals surface area (Å²) in [5, 5.41) is 0. The molecule has 0 aliphatic heterocycles. The van der Waals surface area contributed by atoms with Crippen LogP contribution in [0.4, 0.5) is 8.78 Å². The predicted octanol–water partition coefficient (Wildman–Crippen LogP) is 3.28. The third kappa shape index (κ3) is 4.91. The molecule has 0 N–H and O–H groups in total. The van der Waals surface area contributed by atoms with Gasteiger partial charge in [-0.05, 0) is 24.3 Å². The van der Waals surface area contributed by atoms with E-state index < -0.39 is 27.6 Å². The van der Waals surface area contributed by atoms with Crippen LogP contribution in [0.25, 0.3) is 0 Å². The molecule has 0 heterocycles. The minimum Gasteiger partial charge on any atom is -0.495 e. The van der Waals surface area contributed by atoms with Gasteiger partial charge in [-0.1, -0.05) is 19.9 Å². The lowest BCUT2D eigenvalue weighted by Gasteiger charge is -2.22. The summed E-state index contributed by atoms with van der Waals surface area (Å²) < 4.78 is 59.2. The Morgan fingerprint density at radius 2 is 1.72 bits per heavy atom. The largest absolute Gasteiger partial charge is 0.495 e. The summed E-state index contributed by atoms with van der Waals surface area (Å²) in [6, 6.07) is 7.23. The van der Waals surface area contributed by atoms with E-state index in [2.05, 4.69) is 0 Å². The van der Waals surface area contributed by atoms with Gasteiger partial charge in [0.05, 0.1) is 7.11 Å². The van der Waals surface area contributed by atoms with Crippen LogP contribution in [0.15, 0.2) is 41.3 Å². The van der Waals surface area contributed by atoms with Crippen molar-refractivity contribution >= 4 is 15.9 Å². The maximum Gasteiger partial charge on any atom is 0.253 e. The van der Waals surface area contributed by atoms with Crippen molar-refractivity contribution in [3.05, 3.63) is 59.2 Å². The topological polar surface area (TPSA) is 66.9 Å². The number of methoxy groups -OCH3 is 1. The molecule has 0 spiro atoms. The molecule has 0 unspecified atom stereocenters. The molecular formula is C20H24F2N2O4S. The fourth-order valence-corrected chi connectivity index (χ4v) is 4.55. The summed E-state index contributed by atoms with van der Waals surface area (Å²) >= 11 is 0. The van der Waals surface area contributed by atoms with Crippen LogP contribution >= 0.6 is 0 Å². The number of ether oxygens (including phenoxy) is 1. The van der Waals surface area contributed by atoms with Gasteiger partial charge >= 0.3 is 0 Å². The van der Waals surface area contributed by atoms with Crippen molar-refractivity contribution < 1.29 is 26.7 Å². The molecular weight excluding hydrogens is 402 g/mol. The van der Waals surface area contributed by atoms with Crippen molar-refractivity contribution in [2.24, 2.45) is 0 Å². The molecule has 0 fully saturated rings. The lowest BCUT2D eigenvalue weighted by Crippen LogP contribution is -2.31. The van der Waals surface area contributed by atoms with Crippen molar-refractivity contribution in [1.82, 2.24) is 9.21 Å². The van der Waals surface area contributed by atoms with Crippen LogP contribution in [0.1, 0.15) is 29.8 Å². The first-order valence-corrected chi connectivity index (χ1v) is 10.5. The monoisotopic (exact) mass is 426 g/mol. The van der Waals surface area contributed by atoms with Crippen LogP contribution in [0, 0.1) is 11.6 Å². The third-order valence-corrected chi connectivity index (χ3v) is 6.57. The lowest BCUT2D eigenvalue weighted by atomic mass is 10.1. The van der Waals surface area contributed by atoms with Gasteiger partial charge in [0.1, 0.15) is 22.3 Å². The Bertz CT molecular complexity index is 992. The van der Waals surface area contributed by atoms with E-state index in [-0.39, 0.29) is 41.4 Å². The molecule has 0 atom stereocenters. The zero-order chi connectivity index (χ0) is 21.8. The molecule has 0 aliphatic rings. The number of hydrogen-bond acceptors (Lipinski definition) is 4.